The van der Waals surface area contributed by atoms with Crippen LogP contribution in [0.2, 0.25) is 0 Å². The van der Waals surface area contributed by atoms with Crippen molar-refractivity contribution in [2.24, 2.45) is 0 Å². The van der Waals surface area contributed by atoms with Crippen LogP contribution in [0.15, 0.2) is 24.3 Å². The molecule has 1 aliphatic heterocycles. The molecule has 9 heteroatoms. The zero-order valence-corrected chi connectivity index (χ0v) is 13.0. The van der Waals surface area contributed by atoms with Crippen LogP contribution in [-0.2, 0) is 19.8 Å². The first-order valence-corrected chi connectivity index (χ1v) is 8.08. The summed E-state index contributed by atoms with van der Waals surface area (Å²) in [5.74, 6) is -0.794. The zero-order chi connectivity index (χ0) is 16.3. The van der Waals surface area contributed by atoms with Gasteiger partial charge in [0.1, 0.15) is 18.4 Å². The average molecular weight is 327 g/mol. The molecule has 0 unspecified atom stereocenters. The third kappa shape index (κ3) is 3.48. The Balaban J connectivity index is 2.18. The molecule has 22 heavy (non-hydrogen) atoms. The number of nitrogens with one attached hydrogen (secondary N) is 2. The minimum atomic E-state index is -4.07. The van der Waals surface area contributed by atoms with Crippen LogP contribution < -0.4 is 19.1 Å². The number of anilines is 1. The Morgan fingerprint density at radius 1 is 1.32 bits per heavy atom. The normalized spacial score (nSPS) is 15.3. The fraction of sp³-hybridized carbons (Fsp3) is 0.385. The zero-order valence-electron chi connectivity index (χ0n) is 12.2. The number of amides is 2. The van der Waals surface area contributed by atoms with E-state index < -0.39 is 28.1 Å². The molecule has 1 aliphatic rings. The number of hydrogen-bond donors (Lipinski definition) is 2. The molecule has 2 amide bonds. The lowest BCUT2D eigenvalue weighted by Gasteiger charge is -2.30. The van der Waals surface area contributed by atoms with E-state index in [-0.39, 0.29) is 13.2 Å². The molecule has 1 atom stereocenters. The van der Waals surface area contributed by atoms with Gasteiger partial charge in [0.2, 0.25) is 5.91 Å². The van der Waals surface area contributed by atoms with Crippen LogP contribution in [0.5, 0.6) is 5.75 Å². The molecule has 0 bridgehead atoms. The molecule has 120 valence electrons. The Morgan fingerprint density at radius 3 is 2.68 bits per heavy atom. The summed E-state index contributed by atoms with van der Waals surface area (Å²) in [5, 5.41) is 2.33. The van der Waals surface area contributed by atoms with Crippen molar-refractivity contribution in [3.63, 3.8) is 0 Å². The number of benzene rings is 1. The van der Waals surface area contributed by atoms with Gasteiger partial charge >= 0.3 is 10.2 Å². The average Bonchev–Trinajstić information content (AvgIpc) is 2.45. The highest BCUT2D eigenvalue weighted by molar-refractivity contribution is 7.91. The van der Waals surface area contributed by atoms with Crippen LogP contribution in [0.1, 0.15) is 13.8 Å². The summed E-state index contributed by atoms with van der Waals surface area (Å²) in [6.07, 6.45) is 0. The van der Waals surface area contributed by atoms with Gasteiger partial charge in [0.15, 0.2) is 0 Å². The fourth-order valence-corrected chi connectivity index (χ4v) is 3.30. The van der Waals surface area contributed by atoms with Crippen molar-refractivity contribution in [3.8, 4) is 5.75 Å². The van der Waals surface area contributed by atoms with Crippen molar-refractivity contribution in [1.29, 1.82) is 0 Å². The highest BCUT2D eigenvalue weighted by atomic mass is 32.2. The maximum atomic E-state index is 12.4. The van der Waals surface area contributed by atoms with Crippen molar-refractivity contribution in [3.05, 3.63) is 24.3 Å². The molecule has 2 N–H and O–H groups in total. The van der Waals surface area contributed by atoms with E-state index in [1.807, 2.05) is 4.72 Å². The molecule has 0 fully saturated rings. The maximum Gasteiger partial charge on any atom is 0.326 e. The molecule has 2 rings (SSSR count). The van der Waals surface area contributed by atoms with Crippen LogP contribution in [-0.4, -0.2) is 39.4 Å². The Bertz CT molecular complexity index is 689. The molecule has 0 saturated carbocycles. The number of para-hydroxylation sites is 2. The first kappa shape index (κ1) is 16.1. The summed E-state index contributed by atoms with van der Waals surface area (Å²) in [4.78, 5) is 22.8. The highest BCUT2D eigenvalue weighted by Crippen LogP contribution is 2.32. The predicted molar refractivity (Wildman–Crippen MR) is 79.6 cm³/mol. The molecule has 0 spiro atoms. The summed E-state index contributed by atoms with van der Waals surface area (Å²) in [7, 11) is -4.07. The van der Waals surface area contributed by atoms with Gasteiger partial charge in [0.05, 0.1) is 12.2 Å². The van der Waals surface area contributed by atoms with Gasteiger partial charge in [0, 0.05) is 6.92 Å². The third-order valence-electron chi connectivity index (χ3n) is 3.02. The largest absolute Gasteiger partial charge is 0.489 e. The van der Waals surface area contributed by atoms with Crippen molar-refractivity contribution >= 4 is 27.7 Å². The maximum absolute atomic E-state index is 12.4. The summed E-state index contributed by atoms with van der Waals surface area (Å²) in [6.45, 7) is 2.93. The molecule has 0 saturated heterocycles. The second-order valence-electron chi connectivity index (χ2n) is 4.78. The van der Waals surface area contributed by atoms with E-state index in [1.165, 1.54) is 13.8 Å². The third-order valence-corrected chi connectivity index (χ3v) is 4.44. The number of carbonyl (C=O) groups is 2. The van der Waals surface area contributed by atoms with E-state index >= 15 is 0 Å². The van der Waals surface area contributed by atoms with Gasteiger partial charge in [-0.2, -0.15) is 8.42 Å². The van der Waals surface area contributed by atoms with E-state index in [1.54, 1.807) is 24.3 Å². The molecule has 0 aliphatic carbocycles. The van der Waals surface area contributed by atoms with Gasteiger partial charge in [-0.05, 0) is 19.1 Å². The number of nitrogens with zero attached hydrogens (tertiary/aromatic N) is 1. The highest BCUT2D eigenvalue weighted by Gasteiger charge is 2.31. The summed E-state index contributed by atoms with van der Waals surface area (Å²) < 4.78 is 33.2. The molecular formula is C13H17N3O5S. The van der Waals surface area contributed by atoms with Crippen molar-refractivity contribution in [2.75, 3.05) is 17.5 Å². The standard InChI is InChI=1S/C13H17N3O5S/c1-9(14-10(2)17)13(18)15-22(19,20)16-7-8-21-12-6-4-3-5-11(12)16/h3-6,9H,7-8H2,1-2H3,(H,14,17)(H,15,18)/t9-/m0/s1. The lowest BCUT2D eigenvalue weighted by atomic mass is 10.2. The number of fused-ring (bicyclic) bond motifs is 1. The van der Waals surface area contributed by atoms with Gasteiger partial charge in [-0.1, -0.05) is 12.1 Å². The Kier molecular flexibility index (Phi) is 4.55. The minimum absolute atomic E-state index is 0.0914. The van der Waals surface area contributed by atoms with E-state index in [2.05, 4.69) is 5.32 Å². The van der Waals surface area contributed by atoms with Gasteiger partial charge in [-0.3, -0.25) is 9.59 Å². The summed E-state index contributed by atoms with van der Waals surface area (Å²) >= 11 is 0. The van der Waals surface area contributed by atoms with Gasteiger partial charge in [-0.25, -0.2) is 9.03 Å². The van der Waals surface area contributed by atoms with Crippen LogP contribution in [0.4, 0.5) is 5.69 Å². The van der Waals surface area contributed by atoms with Crippen molar-refractivity contribution < 1.29 is 22.7 Å². The molecule has 1 heterocycles. The van der Waals surface area contributed by atoms with Crippen LogP contribution >= 0.6 is 0 Å². The number of carbonyl (C=O) groups excluding carboxylic acids is 2. The van der Waals surface area contributed by atoms with Gasteiger partial charge < -0.3 is 10.1 Å². The molecule has 0 radical (unpaired) electrons. The topological polar surface area (TPSA) is 105 Å². The lowest BCUT2D eigenvalue weighted by Crippen LogP contribution is -2.52. The summed E-state index contributed by atoms with van der Waals surface area (Å²) in [5.41, 5.74) is 0.362. The second-order valence-corrected chi connectivity index (χ2v) is 6.38. The Hall–Kier alpha value is -2.29. The first-order chi connectivity index (χ1) is 10.3. The number of rotatable bonds is 4. The van der Waals surface area contributed by atoms with E-state index in [0.29, 0.717) is 11.4 Å². The van der Waals surface area contributed by atoms with E-state index in [0.717, 1.165) is 4.31 Å². The van der Waals surface area contributed by atoms with E-state index in [9.17, 15) is 18.0 Å². The van der Waals surface area contributed by atoms with Crippen molar-refractivity contribution in [2.45, 2.75) is 19.9 Å². The Labute approximate surface area is 128 Å². The van der Waals surface area contributed by atoms with Crippen LogP contribution in [0.3, 0.4) is 0 Å². The number of ether oxygens (including phenoxy) is 1. The van der Waals surface area contributed by atoms with E-state index in [4.69, 9.17) is 4.74 Å². The van der Waals surface area contributed by atoms with Gasteiger partial charge in [0.25, 0.3) is 5.91 Å². The predicted octanol–water partition coefficient (Wildman–Crippen LogP) is -0.229. The minimum Gasteiger partial charge on any atom is -0.489 e. The lowest BCUT2D eigenvalue weighted by molar-refractivity contribution is -0.126. The van der Waals surface area contributed by atoms with Crippen molar-refractivity contribution in [1.82, 2.24) is 10.0 Å². The molecule has 1 aromatic rings. The SMILES string of the molecule is CC(=O)N[C@@H](C)C(=O)NS(=O)(=O)N1CCOc2ccccc21. The van der Waals surface area contributed by atoms with Crippen LogP contribution in [0, 0.1) is 0 Å². The first-order valence-electron chi connectivity index (χ1n) is 6.64. The smallest absolute Gasteiger partial charge is 0.326 e. The van der Waals surface area contributed by atoms with Gasteiger partial charge in [-0.15, -0.1) is 0 Å². The molecular weight excluding hydrogens is 310 g/mol. The molecule has 8 nitrogen and oxygen atoms in total. The second kappa shape index (κ2) is 6.22. The molecule has 0 aromatic heterocycles. The fourth-order valence-electron chi connectivity index (χ4n) is 2.03. The Morgan fingerprint density at radius 2 is 2.00 bits per heavy atom. The molecule has 1 aromatic carbocycles. The summed E-state index contributed by atoms with van der Waals surface area (Å²) in [6, 6.07) is 5.70. The monoisotopic (exact) mass is 327 g/mol. The number of hydrogen-bond acceptors (Lipinski definition) is 5. The van der Waals surface area contributed by atoms with Crippen LogP contribution in [0.25, 0.3) is 0 Å². The quantitative estimate of drug-likeness (QED) is 0.795.